The van der Waals surface area contributed by atoms with Crippen molar-refractivity contribution in [3.05, 3.63) is 0 Å². The van der Waals surface area contributed by atoms with Crippen LogP contribution in [0.4, 0.5) is 0 Å². The van der Waals surface area contributed by atoms with Crippen LogP contribution in [0.2, 0.25) is 0 Å². The first-order valence-electron chi connectivity index (χ1n) is 9.81. The highest BCUT2D eigenvalue weighted by molar-refractivity contribution is 5.94. The SMILES string of the molecule is CCC(C)CC(CCN)C(=O)N[C@H](C(=O)N[C@@H](CN)C(=O)C(C)C)C(C)O. The van der Waals surface area contributed by atoms with Gasteiger partial charge in [-0.15, -0.1) is 0 Å². The highest BCUT2D eigenvalue weighted by Crippen LogP contribution is 2.18. The average molecular weight is 387 g/mol. The van der Waals surface area contributed by atoms with Gasteiger partial charge >= 0.3 is 0 Å². The van der Waals surface area contributed by atoms with Gasteiger partial charge in [-0.2, -0.15) is 0 Å². The first kappa shape index (κ1) is 25.5. The van der Waals surface area contributed by atoms with Crippen LogP contribution >= 0.6 is 0 Å². The van der Waals surface area contributed by atoms with E-state index < -0.39 is 24.1 Å². The highest BCUT2D eigenvalue weighted by atomic mass is 16.3. The molecule has 0 fully saturated rings. The maximum absolute atomic E-state index is 12.7. The predicted molar refractivity (Wildman–Crippen MR) is 106 cm³/mol. The number of ketones is 1. The Bertz CT molecular complexity index is 482. The lowest BCUT2D eigenvalue weighted by Crippen LogP contribution is -2.58. The zero-order valence-corrected chi connectivity index (χ0v) is 17.3. The minimum Gasteiger partial charge on any atom is -0.391 e. The van der Waals surface area contributed by atoms with Crippen LogP contribution in [-0.4, -0.2) is 54.0 Å². The summed E-state index contributed by atoms with van der Waals surface area (Å²) in [7, 11) is 0. The summed E-state index contributed by atoms with van der Waals surface area (Å²) in [6, 6.07) is -2.01. The van der Waals surface area contributed by atoms with E-state index in [1.807, 2.05) is 6.92 Å². The third-order valence-electron chi connectivity index (χ3n) is 4.80. The van der Waals surface area contributed by atoms with Crippen molar-refractivity contribution in [2.75, 3.05) is 13.1 Å². The van der Waals surface area contributed by atoms with Crippen molar-refractivity contribution < 1.29 is 19.5 Å². The van der Waals surface area contributed by atoms with Crippen molar-refractivity contribution >= 4 is 17.6 Å². The van der Waals surface area contributed by atoms with Crippen LogP contribution in [0.3, 0.4) is 0 Å². The van der Waals surface area contributed by atoms with Crippen LogP contribution < -0.4 is 22.1 Å². The largest absolute Gasteiger partial charge is 0.391 e. The van der Waals surface area contributed by atoms with Crippen molar-refractivity contribution in [3.8, 4) is 0 Å². The first-order valence-corrected chi connectivity index (χ1v) is 9.81. The van der Waals surface area contributed by atoms with E-state index in [-0.39, 0.29) is 30.1 Å². The number of aliphatic hydroxyl groups is 1. The molecular weight excluding hydrogens is 348 g/mol. The maximum atomic E-state index is 12.7. The van der Waals surface area contributed by atoms with Crippen LogP contribution in [-0.2, 0) is 14.4 Å². The molecule has 27 heavy (non-hydrogen) atoms. The lowest BCUT2D eigenvalue weighted by atomic mass is 9.90. The summed E-state index contributed by atoms with van der Waals surface area (Å²) in [5, 5.41) is 15.2. The number of carbonyl (C=O) groups is 3. The molecule has 0 heterocycles. The quantitative estimate of drug-likeness (QED) is 0.299. The smallest absolute Gasteiger partial charge is 0.245 e. The molecule has 0 aliphatic heterocycles. The molecular formula is C19H38N4O4. The second-order valence-corrected chi connectivity index (χ2v) is 7.60. The van der Waals surface area contributed by atoms with Gasteiger partial charge in [0.1, 0.15) is 6.04 Å². The number of nitrogens with one attached hydrogen (secondary N) is 2. The van der Waals surface area contributed by atoms with Gasteiger partial charge in [-0.05, 0) is 32.2 Å². The van der Waals surface area contributed by atoms with Gasteiger partial charge in [0.25, 0.3) is 0 Å². The van der Waals surface area contributed by atoms with Gasteiger partial charge in [-0.25, -0.2) is 0 Å². The highest BCUT2D eigenvalue weighted by Gasteiger charge is 2.31. The van der Waals surface area contributed by atoms with E-state index in [1.165, 1.54) is 6.92 Å². The minimum absolute atomic E-state index is 0.0486. The second kappa shape index (κ2) is 12.8. The summed E-state index contributed by atoms with van der Waals surface area (Å²) in [5.41, 5.74) is 11.2. The topological polar surface area (TPSA) is 148 Å². The Morgan fingerprint density at radius 3 is 2.00 bits per heavy atom. The molecule has 0 spiro atoms. The van der Waals surface area contributed by atoms with Gasteiger partial charge in [-0.3, -0.25) is 14.4 Å². The fraction of sp³-hybridized carbons (Fsp3) is 0.842. The van der Waals surface area contributed by atoms with E-state index in [0.717, 1.165) is 6.42 Å². The van der Waals surface area contributed by atoms with Gasteiger partial charge in [0, 0.05) is 18.4 Å². The van der Waals surface area contributed by atoms with Gasteiger partial charge in [0.05, 0.1) is 12.1 Å². The molecule has 7 N–H and O–H groups in total. The predicted octanol–water partition coefficient (Wildman–Crippen LogP) is -0.0782. The Labute approximate surface area is 162 Å². The number of hydrogen-bond donors (Lipinski definition) is 5. The molecule has 158 valence electrons. The number of Topliss-reactive ketones (excluding diaryl/α,β-unsaturated/α-hetero) is 1. The lowest BCUT2D eigenvalue weighted by Gasteiger charge is -2.27. The number of rotatable bonds is 13. The number of nitrogens with two attached hydrogens (primary N) is 2. The van der Waals surface area contributed by atoms with Gasteiger partial charge < -0.3 is 27.2 Å². The third-order valence-corrected chi connectivity index (χ3v) is 4.80. The summed E-state index contributed by atoms with van der Waals surface area (Å²) in [4.78, 5) is 37.3. The van der Waals surface area contributed by atoms with Crippen molar-refractivity contribution in [1.82, 2.24) is 10.6 Å². The molecule has 0 aromatic carbocycles. The molecule has 0 rings (SSSR count). The third kappa shape index (κ3) is 8.81. The van der Waals surface area contributed by atoms with Crippen LogP contribution in [0, 0.1) is 17.8 Å². The number of aliphatic hydroxyl groups excluding tert-OH is 1. The lowest BCUT2D eigenvalue weighted by molar-refractivity contribution is -0.135. The molecule has 8 nitrogen and oxygen atoms in total. The molecule has 0 saturated heterocycles. The van der Waals surface area contributed by atoms with Gasteiger partial charge in [0.15, 0.2) is 5.78 Å². The monoisotopic (exact) mass is 386 g/mol. The average Bonchev–Trinajstić information content (AvgIpc) is 2.61. The Kier molecular flexibility index (Phi) is 12.1. The summed E-state index contributed by atoms with van der Waals surface area (Å²) in [6.45, 7) is 9.27. The summed E-state index contributed by atoms with van der Waals surface area (Å²) in [5.74, 6) is -1.42. The molecule has 0 aromatic heterocycles. The number of amides is 2. The standard InChI is InChI=1S/C19H38N4O4/c1-6-12(4)9-14(7-8-20)18(26)23-16(13(5)24)19(27)22-15(10-21)17(25)11(2)3/h11-16,24H,6-10,20-21H2,1-5H3,(H,22,27)(H,23,26)/t12?,13?,14?,15-,16-/m0/s1. The Balaban J connectivity index is 5.16. The fourth-order valence-corrected chi connectivity index (χ4v) is 2.80. The molecule has 3 unspecified atom stereocenters. The molecule has 2 amide bonds. The van der Waals surface area contributed by atoms with Crippen molar-refractivity contribution in [1.29, 1.82) is 0 Å². The van der Waals surface area contributed by atoms with Crippen LogP contribution in [0.5, 0.6) is 0 Å². The number of hydrogen-bond acceptors (Lipinski definition) is 6. The zero-order valence-electron chi connectivity index (χ0n) is 17.3. The van der Waals surface area contributed by atoms with Crippen molar-refractivity contribution in [2.45, 2.75) is 72.1 Å². The summed E-state index contributed by atoms with van der Waals surface area (Å²) < 4.78 is 0. The Morgan fingerprint density at radius 1 is 1.00 bits per heavy atom. The Morgan fingerprint density at radius 2 is 1.59 bits per heavy atom. The molecule has 5 atom stereocenters. The van der Waals surface area contributed by atoms with Crippen molar-refractivity contribution in [2.24, 2.45) is 29.2 Å². The van der Waals surface area contributed by atoms with Crippen LogP contribution in [0.15, 0.2) is 0 Å². The molecule has 0 bridgehead atoms. The molecule has 0 aliphatic carbocycles. The van der Waals surface area contributed by atoms with E-state index in [0.29, 0.717) is 25.3 Å². The van der Waals surface area contributed by atoms with Crippen LogP contribution in [0.25, 0.3) is 0 Å². The second-order valence-electron chi connectivity index (χ2n) is 7.60. The van der Waals surface area contributed by atoms with Gasteiger partial charge in [0.2, 0.25) is 11.8 Å². The minimum atomic E-state index is -1.16. The molecule has 0 saturated carbocycles. The maximum Gasteiger partial charge on any atom is 0.245 e. The first-order chi connectivity index (χ1) is 12.6. The Hall–Kier alpha value is -1.51. The van der Waals surface area contributed by atoms with Gasteiger partial charge in [-0.1, -0.05) is 34.1 Å². The number of carbonyl (C=O) groups excluding carboxylic acids is 3. The molecule has 8 heteroatoms. The van der Waals surface area contributed by atoms with E-state index in [2.05, 4.69) is 17.6 Å². The summed E-state index contributed by atoms with van der Waals surface area (Å²) >= 11 is 0. The normalized spacial score (nSPS) is 16.9. The van der Waals surface area contributed by atoms with Crippen molar-refractivity contribution in [3.63, 3.8) is 0 Å². The van der Waals surface area contributed by atoms with E-state index >= 15 is 0 Å². The van der Waals surface area contributed by atoms with E-state index in [9.17, 15) is 19.5 Å². The zero-order chi connectivity index (χ0) is 21.1. The van der Waals surface area contributed by atoms with Crippen LogP contribution in [0.1, 0.15) is 53.9 Å². The summed E-state index contributed by atoms with van der Waals surface area (Å²) in [6.07, 6.45) is 0.972. The molecule has 0 aliphatic rings. The van der Waals surface area contributed by atoms with E-state index in [1.54, 1.807) is 13.8 Å². The van der Waals surface area contributed by atoms with E-state index in [4.69, 9.17) is 11.5 Å². The molecule has 0 aromatic rings. The fourth-order valence-electron chi connectivity index (χ4n) is 2.80. The molecule has 0 radical (unpaired) electrons.